The van der Waals surface area contributed by atoms with Gasteiger partial charge in [0.25, 0.3) is 0 Å². The molecule has 4 heteroatoms. The predicted octanol–water partition coefficient (Wildman–Crippen LogP) is 3.14. The molecule has 0 aromatic heterocycles. The molecule has 1 atom stereocenters. The van der Waals surface area contributed by atoms with Crippen molar-refractivity contribution in [1.29, 1.82) is 0 Å². The van der Waals surface area contributed by atoms with E-state index in [4.69, 9.17) is 4.74 Å². The van der Waals surface area contributed by atoms with Crippen molar-refractivity contribution in [3.63, 3.8) is 0 Å². The monoisotopic (exact) mass is 301 g/mol. The zero-order valence-corrected chi connectivity index (χ0v) is 11.5. The van der Waals surface area contributed by atoms with E-state index in [0.29, 0.717) is 11.7 Å². The Balaban J connectivity index is 2.12. The molecule has 0 saturated carbocycles. The van der Waals surface area contributed by atoms with Crippen LogP contribution in [0, 0.1) is 11.7 Å². The molecule has 0 aliphatic carbocycles. The second-order valence-electron chi connectivity index (χ2n) is 4.49. The standard InChI is InChI=1S/C13H17BrFNO/c1-17-13-7-12(15)10(6-11(13)14)5-9-3-2-4-16-8-9/h6-7,9,16H,2-5,8H2,1H3. The molecule has 1 aliphatic rings. The van der Waals surface area contributed by atoms with E-state index in [2.05, 4.69) is 21.2 Å². The molecule has 1 aromatic carbocycles. The van der Waals surface area contributed by atoms with Crippen molar-refractivity contribution >= 4 is 15.9 Å². The zero-order chi connectivity index (χ0) is 12.3. The van der Waals surface area contributed by atoms with E-state index < -0.39 is 0 Å². The van der Waals surface area contributed by atoms with Gasteiger partial charge in [0, 0.05) is 6.07 Å². The van der Waals surface area contributed by atoms with Crippen LogP contribution in [0.15, 0.2) is 16.6 Å². The van der Waals surface area contributed by atoms with Gasteiger partial charge in [0.15, 0.2) is 0 Å². The Bertz CT molecular complexity index is 391. The van der Waals surface area contributed by atoms with E-state index >= 15 is 0 Å². The van der Waals surface area contributed by atoms with Crippen LogP contribution in [0.4, 0.5) is 4.39 Å². The van der Waals surface area contributed by atoms with Gasteiger partial charge < -0.3 is 10.1 Å². The van der Waals surface area contributed by atoms with Gasteiger partial charge in [0.05, 0.1) is 11.6 Å². The van der Waals surface area contributed by atoms with Crippen LogP contribution in [0.1, 0.15) is 18.4 Å². The lowest BCUT2D eigenvalue weighted by Crippen LogP contribution is -2.31. The first-order valence-electron chi connectivity index (χ1n) is 5.93. The van der Waals surface area contributed by atoms with E-state index in [9.17, 15) is 4.39 Å². The van der Waals surface area contributed by atoms with Crippen molar-refractivity contribution in [3.05, 3.63) is 28.0 Å². The molecule has 1 saturated heterocycles. The van der Waals surface area contributed by atoms with Crippen LogP contribution in [-0.4, -0.2) is 20.2 Å². The van der Waals surface area contributed by atoms with Crippen molar-refractivity contribution in [3.8, 4) is 5.75 Å². The van der Waals surface area contributed by atoms with E-state index in [1.54, 1.807) is 7.11 Å². The van der Waals surface area contributed by atoms with Crippen LogP contribution < -0.4 is 10.1 Å². The quantitative estimate of drug-likeness (QED) is 0.926. The fraction of sp³-hybridized carbons (Fsp3) is 0.538. The highest BCUT2D eigenvalue weighted by atomic mass is 79.9. The summed E-state index contributed by atoms with van der Waals surface area (Å²) in [7, 11) is 1.55. The van der Waals surface area contributed by atoms with Crippen molar-refractivity contribution < 1.29 is 9.13 Å². The smallest absolute Gasteiger partial charge is 0.135 e. The van der Waals surface area contributed by atoms with Gasteiger partial charge in [-0.2, -0.15) is 0 Å². The molecule has 1 aliphatic heterocycles. The molecule has 0 bridgehead atoms. The summed E-state index contributed by atoms with van der Waals surface area (Å²) >= 11 is 3.40. The lowest BCUT2D eigenvalue weighted by atomic mass is 9.92. The Morgan fingerprint density at radius 2 is 2.35 bits per heavy atom. The fourth-order valence-corrected chi connectivity index (χ4v) is 2.84. The molecule has 0 amide bonds. The Labute approximate surface area is 110 Å². The van der Waals surface area contributed by atoms with Crippen molar-refractivity contribution in [2.45, 2.75) is 19.3 Å². The summed E-state index contributed by atoms with van der Waals surface area (Å²) in [5.74, 6) is 0.919. The first kappa shape index (κ1) is 12.8. The van der Waals surface area contributed by atoms with Gasteiger partial charge in [0.1, 0.15) is 11.6 Å². The minimum Gasteiger partial charge on any atom is -0.495 e. The number of hydrogen-bond donors (Lipinski definition) is 1. The number of nitrogens with one attached hydrogen (secondary N) is 1. The lowest BCUT2D eigenvalue weighted by molar-refractivity contribution is 0.370. The summed E-state index contributed by atoms with van der Waals surface area (Å²) < 4.78 is 19.7. The van der Waals surface area contributed by atoms with Gasteiger partial charge in [-0.1, -0.05) is 0 Å². The molecule has 0 spiro atoms. The number of benzene rings is 1. The van der Waals surface area contributed by atoms with Crippen molar-refractivity contribution in [2.75, 3.05) is 20.2 Å². The molecular formula is C13H17BrFNO. The number of rotatable bonds is 3. The Morgan fingerprint density at radius 3 is 3.00 bits per heavy atom. The molecular weight excluding hydrogens is 285 g/mol. The van der Waals surface area contributed by atoms with Gasteiger partial charge in [0.2, 0.25) is 0 Å². The maximum absolute atomic E-state index is 13.9. The van der Waals surface area contributed by atoms with Gasteiger partial charge in [-0.15, -0.1) is 0 Å². The molecule has 1 unspecified atom stereocenters. The molecule has 1 heterocycles. The number of methoxy groups -OCH3 is 1. The third-order valence-corrected chi connectivity index (χ3v) is 3.85. The van der Waals surface area contributed by atoms with E-state index in [1.807, 2.05) is 6.07 Å². The number of piperidine rings is 1. The first-order valence-corrected chi connectivity index (χ1v) is 6.72. The predicted molar refractivity (Wildman–Crippen MR) is 69.9 cm³/mol. The molecule has 2 nitrogen and oxygen atoms in total. The van der Waals surface area contributed by atoms with Gasteiger partial charge in [-0.3, -0.25) is 0 Å². The van der Waals surface area contributed by atoms with Gasteiger partial charge >= 0.3 is 0 Å². The summed E-state index contributed by atoms with van der Waals surface area (Å²) in [6.07, 6.45) is 3.15. The lowest BCUT2D eigenvalue weighted by Gasteiger charge is -2.23. The fourth-order valence-electron chi connectivity index (χ4n) is 2.29. The first-order chi connectivity index (χ1) is 8.20. The van der Waals surface area contributed by atoms with Crippen LogP contribution in [-0.2, 0) is 6.42 Å². The largest absolute Gasteiger partial charge is 0.495 e. The summed E-state index contributed by atoms with van der Waals surface area (Å²) in [4.78, 5) is 0. The summed E-state index contributed by atoms with van der Waals surface area (Å²) in [5.41, 5.74) is 0.770. The number of hydrogen-bond acceptors (Lipinski definition) is 2. The molecule has 94 valence electrons. The third kappa shape index (κ3) is 3.19. The molecule has 1 fully saturated rings. The summed E-state index contributed by atoms with van der Waals surface area (Å²) in [5, 5.41) is 3.35. The maximum Gasteiger partial charge on any atom is 0.135 e. The second kappa shape index (κ2) is 5.83. The summed E-state index contributed by atoms with van der Waals surface area (Å²) in [6, 6.07) is 3.29. The van der Waals surface area contributed by atoms with Crippen LogP contribution >= 0.6 is 15.9 Å². The van der Waals surface area contributed by atoms with Crippen molar-refractivity contribution in [2.24, 2.45) is 5.92 Å². The third-order valence-electron chi connectivity index (χ3n) is 3.23. The Hall–Kier alpha value is -0.610. The highest BCUT2D eigenvalue weighted by Gasteiger charge is 2.17. The number of ether oxygens (including phenoxy) is 1. The zero-order valence-electron chi connectivity index (χ0n) is 9.93. The van der Waals surface area contributed by atoms with Crippen molar-refractivity contribution in [1.82, 2.24) is 5.32 Å². The normalized spacial score (nSPS) is 20.3. The maximum atomic E-state index is 13.9. The SMILES string of the molecule is COc1cc(F)c(CC2CCCNC2)cc1Br. The van der Waals surface area contributed by atoms with E-state index in [-0.39, 0.29) is 5.82 Å². The van der Waals surface area contributed by atoms with Crippen LogP contribution in [0.5, 0.6) is 5.75 Å². The number of halogens is 2. The second-order valence-corrected chi connectivity index (χ2v) is 5.35. The molecule has 0 radical (unpaired) electrons. The average Bonchev–Trinajstić information content (AvgIpc) is 2.34. The Morgan fingerprint density at radius 1 is 1.53 bits per heavy atom. The van der Waals surface area contributed by atoms with Crippen LogP contribution in [0.2, 0.25) is 0 Å². The topological polar surface area (TPSA) is 21.3 Å². The van der Waals surface area contributed by atoms with E-state index in [0.717, 1.165) is 29.5 Å². The minimum absolute atomic E-state index is 0.171. The minimum atomic E-state index is -0.171. The molecule has 1 aromatic rings. The highest BCUT2D eigenvalue weighted by molar-refractivity contribution is 9.10. The van der Waals surface area contributed by atoms with Gasteiger partial charge in [-0.05, 0) is 65.8 Å². The Kier molecular flexibility index (Phi) is 4.40. The molecule has 2 rings (SSSR count). The molecule has 1 N–H and O–H groups in total. The highest BCUT2D eigenvalue weighted by Crippen LogP contribution is 2.29. The van der Waals surface area contributed by atoms with Crippen LogP contribution in [0.25, 0.3) is 0 Å². The average molecular weight is 302 g/mol. The van der Waals surface area contributed by atoms with Gasteiger partial charge in [-0.25, -0.2) is 4.39 Å². The van der Waals surface area contributed by atoms with E-state index in [1.165, 1.54) is 18.9 Å². The molecule has 17 heavy (non-hydrogen) atoms. The summed E-state index contributed by atoms with van der Waals surface area (Å²) in [6.45, 7) is 2.08. The van der Waals surface area contributed by atoms with Crippen LogP contribution in [0.3, 0.4) is 0 Å².